The fraction of sp³-hybridized carbons (Fsp3) is 0.278. The van der Waals surface area contributed by atoms with E-state index in [1.54, 1.807) is 12.1 Å². The maximum Gasteiger partial charge on any atom is 0.416 e. The van der Waals surface area contributed by atoms with Crippen LogP contribution in [0.2, 0.25) is 0 Å². The number of hydrogen-bond acceptors (Lipinski definition) is 4. The zero-order chi connectivity index (χ0) is 34.0. The summed E-state index contributed by atoms with van der Waals surface area (Å²) in [6.07, 6.45) is -3.07. The highest BCUT2D eigenvalue weighted by Crippen LogP contribution is 2.33. The summed E-state index contributed by atoms with van der Waals surface area (Å²) in [5.74, 6) is -1.17. The van der Waals surface area contributed by atoms with Crippen molar-refractivity contribution in [1.29, 1.82) is 0 Å². The van der Waals surface area contributed by atoms with Gasteiger partial charge in [-0.1, -0.05) is 97.8 Å². The normalized spacial score (nSPS) is 12.3. The summed E-state index contributed by atoms with van der Waals surface area (Å²) in [6, 6.07) is 26.5. The van der Waals surface area contributed by atoms with Gasteiger partial charge in [0, 0.05) is 19.5 Å². The summed E-state index contributed by atoms with van der Waals surface area (Å²) >= 11 is 0. The van der Waals surface area contributed by atoms with Gasteiger partial charge in [0.15, 0.2) is 0 Å². The molecule has 0 saturated carbocycles. The Morgan fingerprint density at radius 3 is 2.11 bits per heavy atom. The van der Waals surface area contributed by atoms with Crippen LogP contribution in [0.15, 0.2) is 114 Å². The number of alkyl halides is 3. The number of anilines is 1. The van der Waals surface area contributed by atoms with Crippen molar-refractivity contribution in [1.82, 2.24) is 10.2 Å². The smallest absolute Gasteiger partial charge is 0.354 e. The van der Waals surface area contributed by atoms with Crippen LogP contribution in [0.1, 0.15) is 42.0 Å². The lowest BCUT2D eigenvalue weighted by Gasteiger charge is -2.34. The van der Waals surface area contributed by atoms with E-state index in [9.17, 15) is 31.2 Å². The molecule has 0 aliphatic rings. The molecule has 11 heteroatoms. The fourth-order valence-electron chi connectivity index (χ4n) is 5.15. The van der Waals surface area contributed by atoms with Crippen LogP contribution in [-0.4, -0.2) is 44.3 Å². The summed E-state index contributed by atoms with van der Waals surface area (Å²) in [5, 5.41) is 2.91. The highest BCUT2D eigenvalue weighted by Gasteiger charge is 2.36. The van der Waals surface area contributed by atoms with Crippen LogP contribution in [0.4, 0.5) is 18.9 Å². The van der Waals surface area contributed by atoms with Gasteiger partial charge in [-0.2, -0.15) is 13.2 Å². The lowest BCUT2D eigenvalue weighted by molar-refractivity contribution is -0.140. The maximum atomic E-state index is 14.5. The van der Waals surface area contributed by atoms with E-state index in [0.29, 0.717) is 28.9 Å². The van der Waals surface area contributed by atoms with Crippen molar-refractivity contribution in [3.05, 3.63) is 131 Å². The van der Waals surface area contributed by atoms with E-state index in [0.717, 1.165) is 29.7 Å². The Balaban J connectivity index is 1.82. The first-order chi connectivity index (χ1) is 22.4. The second kappa shape index (κ2) is 15.8. The molecule has 0 aliphatic carbocycles. The number of nitrogens with one attached hydrogen (secondary N) is 1. The third-order valence-electron chi connectivity index (χ3n) is 7.61. The number of carbonyl (C=O) groups excluding carboxylic acids is 2. The number of hydrogen-bond donors (Lipinski definition) is 1. The fourth-order valence-corrected chi connectivity index (χ4v) is 6.58. The van der Waals surface area contributed by atoms with Gasteiger partial charge in [-0.3, -0.25) is 13.9 Å². The molecule has 0 heterocycles. The van der Waals surface area contributed by atoms with Gasteiger partial charge in [-0.05, 0) is 54.8 Å². The molecule has 7 nitrogen and oxygen atoms in total. The maximum absolute atomic E-state index is 14.5. The van der Waals surface area contributed by atoms with Gasteiger partial charge < -0.3 is 10.2 Å². The molecule has 4 aromatic carbocycles. The van der Waals surface area contributed by atoms with E-state index in [1.807, 2.05) is 62.4 Å². The van der Waals surface area contributed by atoms with Crippen molar-refractivity contribution in [3.63, 3.8) is 0 Å². The summed E-state index contributed by atoms with van der Waals surface area (Å²) in [5.41, 5.74) is 0.995. The molecular formula is C36H38F3N3O4S. The van der Waals surface area contributed by atoms with Crippen LogP contribution >= 0.6 is 0 Å². The zero-order valence-electron chi connectivity index (χ0n) is 26.3. The number of sulfonamides is 1. The molecule has 0 radical (unpaired) electrons. The van der Waals surface area contributed by atoms with Gasteiger partial charge in [-0.15, -0.1) is 0 Å². The van der Waals surface area contributed by atoms with Crippen LogP contribution in [0.3, 0.4) is 0 Å². The standard InChI is InChI=1S/C36H38F3N3O4S/c1-3-4-21-40-35(44)33(23-28-14-7-5-8-15-28)41(25-29-16-11-13-27(2)22-29)34(43)26-42(47(45,46)32-19-9-6-10-20-32)31-18-12-17-30(24-31)36(37,38)39/h5-20,22,24,33H,3-4,21,23,25-26H2,1-2H3,(H,40,44)/t33-/m1/s1. The van der Waals surface area contributed by atoms with Gasteiger partial charge in [0.2, 0.25) is 11.8 Å². The monoisotopic (exact) mass is 665 g/mol. The minimum absolute atomic E-state index is 0.0406. The minimum atomic E-state index is -4.75. The molecule has 1 atom stereocenters. The summed E-state index contributed by atoms with van der Waals surface area (Å²) in [7, 11) is -4.53. The van der Waals surface area contributed by atoms with Crippen LogP contribution in [-0.2, 0) is 38.8 Å². The second-order valence-electron chi connectivity index (χ2n) is 11.2. The molecule has 0 unspecified atom stereocenters. The Labute approximate surface area is 274 Å². The van der Waals surface area contributed by atoms with Crippen LogP contribution in [0, 0.1) is 6.92 Å². The number of unbranched alkanes of at least 4 members (excludes halogenated alkanes) is 1. The van der Waals surface area contributed by atoms with E-state index >= 15 is 0 Å². The predicted molar refractivity (Wildman–Crippen MR) is 176 cm³/mol. The molecule has 1 N–H and O–H groups in total. The first-order valence-electron chi connectivity index (χ1n) is 15.3. The largest absolute Gasteiger partial charge is 0.416 e. The number of halogens is 3. The summed E-state index contributed by atoms with van der Waals surface area (Å²) in [6.45, 7) is 3.36. The van der Waals surface area contributed by atoms with Gasteiger partial charge in [-0.25, -0.2) is 8.42 Å². The van der Waals surface area contributed by atoms with E-state index < -0.39 is 46.2 Å². The molecule has 248 valence electrons. The summed E-state index contributed by atoms with van der Waals surface area (Å²) < 4.78 is 70.0. The van der Waals surface area contributed by atoms with E-state index in [-0.39, 0.29) is 23.5 Å². The molecule has 0 fully saturated rings. The van der Waals surface area contributed by atoms with Crippen molar-refractivity contribution in [2.24, 2.45) is 0 Å². The van der Waals surface area contributed by atoms with Crippen LogP contribution in [0.25, 0.3) is 0 Å². The van der Waals surface area contributed by atoms with Crippen molar-refractivity contribution >= 4 is 27.5 Å². The molecule has 2 amide bonds. The Bertz CT molecular complexity index is 1750. The van der Waals surface area contributed by atoms with E-state index in [1.165, 1.54) is 35.2 Å². The van der Waals surface area contributed by atoms with E-state index in [2.05, 4.69) is 5.32 Å². The average molecular weight is 666 g/mol. The molecule has 47 heavy (non-hydrogen) atoms. The van der Waals surface area contributed by atoms with Crippen LogP contribution in [0.5, 0.6) is 0 Å². The third-order valence-corrected chi connectivity index (χ3v) is 9.40. The first kappa shape index (κ1) is 35.2. The Morgan fingerprint density at radius 1 is 0.830 bits per heavy atom. The topological polar surface area (TPSA) is 86.8 Å². The Morgan fingerprint density at radius 2 is 1.47 bits per heavy atom. The van der Waals surface area contributed by atoms with E-state index in [4.69, 9.17) is 0 Å². The van der Waals surface area contributed by atoms with Crippen LogP contribution < -0.4 is 9.62 Å². The van der Waals surface area contributed by atoms with Crippen molar-refractivity contribution in [2.75, 3.05) is 17.4 Å². The predicted octanol–water partition coefficient (Wildman–Crippen LogP) is 6.77. The molecule has 0 bridgehead atoms. The number of carbonyl (C=O) groups is 2. The number of nitrogens with zero attached hydrogens (tertiary/aromatic N) is 2. The van der Waals surface area contributed by atoms with Gasteiger partial charge in [0.05, 0.1) is 16.1 Å². The minimum Gasteiger partial charge on any atom is -0.354 e. The number of benzene rings is 4. The summed E-state index contributed by atoms with van der Waals surface area (Å²) in [4.78, 5) is 29.4. The Hall–Kier alpha value is -4.64. The average Bonchev–Trinajstić information content (AvgIpc) is 3.05. The molecule has 4 rings (SSSR count). The lowest BCUT2D eigenvalue weighted by Crippen LogP contribution is -2.53. The zero-order valence-corrected chi connectivity index (χ0v) is 27.1. The number of amides is 2. The second-order valence-corrected chi connectivity index (χ2v) is 13.1. The molecule has 0 spiro atoms. The third kappa shape index (κ3) is 9.45. The van der Waals surface area contributed by atoms with Crippen molar-refractivity contribution in [3.8, 4) is 0 Å². The molecular weight excluding hydrogens is 627 g/mol. The highest BCUT2D eigenvalue weighted by atomic mass is 32.2. The first-order valence-corrected chi connectivity index (χ1v) is 16.8. The van der Waals surface area contributed by atoms with Crippen molar-refractivity contribution in [2.45, 2.75) is 56.8 Å². The quantitative estimate of drug-likeness (QED) is 0.151. The number of aryl methyl sites for hydroxylation is 1. The molecule has 0 saturated heterocycles. The lowest BCUT2D eigenvalue weighted by atomic mass is 10.0. The SMILES string of the molecule is CCCCNC(=O)[C@@H](Cc1ccccc1)N(Cc1cccc(C)c1)C(=O)CN(c1cccc(C(F)(F)F)c1)S(=O)(=O)c1ccccc1. The molecule has 0 aliphatic heterocycles. The van der Waals surface area contributed by atoms with Crippen molar-refractivity contribution < 1.29 is 31.2 Å². The van der Waals surface area contributed by atoms with Gasteiger partial charge >= 0.3 is 6.18 Å². The molecule has 4 aromatic rings. The Kier molecular flexibility index (Phi) is 11.8. The molecule has 0 aromatic heterocycles. The number of rotatable bonds is 14. The highest BCUT2D eigenvalue weighted by molar-refractivity contribution is 7.92. The van der Waals surface area contributed by atoms with Gasteiger partial charge in [0.1, 0.15) is 12.6 Å². The van der Waals surface area contributed by atoms with Gasteiger partial charge in [0.25, 0.3) is 10.0 Å².